The van der Waals surface area contributed by atoms with Gasteiger partial charge in [-0.05, 0) is 31.5 Å². The molecule has 4 nitrogen and oxygen atoms in total. The summed E-state index contributed by atoms with van der Waals surface area (Å²) in [5.74, 6) is -0.275. The smallest absolute Gasteiger partial charge is 0.302 e. The van der Waals surface area contributed by atoms with E-state index in [0.717, 1.165) is 0 Å². The van der Waals surface area contributed by atoms with Crippen LogP contribution in [0.2, 0.25) is 18.1 Å². The highest BCUT2D eigenvalue weighted by atomic mass is 28.4. The lowest BCUT2D eigenvalue weighted by Gasteiger charge is -2.39. The van der Waals surface area contributed by atoms with Gasteiger partial charge in [-0.3, -0.25) is 4.79 Å². The van der Waals surface area contributed by atoms with E-state index in [1.165, 1.54) is 6.92 Å². The number of rotatable bonds is 7. The van der Waals surface area contributed by atoms with Crippen molar-refractivity contribution in [2.75, 3.05) is 6.61 Å². The van der Waals surface area contributed by atoms with Gasteiger partial charge >= 0.3 is 5.97 Å². The van der Waals surface area contributed by atoms with E-state index < -0.39 is 14.4 Å². The maximum Gasteiger partial charge on any atom is 0.302 e. The first kappa shape index (κ1) is 18.6. The first-order chi connectivity index (χ1) is 8.45. The van der Waals surface area contributed by atoms with Gasteiger partial charge in [0.05, 0.1) is 18.8 Å². The minimum atomic E-state index is -1.86. The van der Waals surface area contributed by atoms with Gasteiger partial charge in [-0.25, -0.2) is 0 Å². The largest absolute Gasteiger partial charge is 0.466 e. The Morgan fingerprint density at radius 1 is 1.32 bits per heavy atom. The van der Waals surface area contributed by atoms with Crippen LogP contribution in [-0.2, 0) is 14.0 Å². The maximum absolute atomic E-state index is 10.8. The van der Waals surface area contributed by atoms with Crippen molar-refractivity contribution in [1.29, 1.82) is 0 Å². The minimum absolute atomic E-state index is 0.0553. The van der Waals surface area contributed by atoms with Gasteiger partial charge in [0.15, 0.2) is 8.32 Å². The molecule has 0 aromatic carbocycles. The Kier molecular flexibility index (Phi) is 7.25. The number of aliphatic hydroxyl groups excluding tert-OH is 1. The van der Waals surface area contributed by atoms with Gasteiger partial charge in [0.25, 0.3) is 0 Å². The molecule has 2 atom stereocenters. The van der Waals surface area contributed by atoms with Crippen LogP contribution < -0.4 is 0 Å². The zero-order valence-electron chi connectivity index (χ0n) is 13.4. The van der Waals surface area contributed by atoms with Crippen LogP contribution in [0.5, 0.6) is 0 Å². The molecule has 5 heteroatoms. The Morgan fingerprint density at radius 2 is 1.84 bits per heavy atom. The zero-order chi connectivity index (χ0) is 15.3. The van der Waals surface area contributed by atoms with E-state index in [-0.39, 0.29) is 17.1 Å². The molecule has 0 aliphatic heterocycles. The number of ether oxygens (including phenoxy) is 1. The molecule has 0 amide bonds. The van der Waals surface area contributed by atoms with E-state index in [9.17, 15) is 9.90 Å². The van der Waals surface area contributed by atoms with Crippen molar-refractivity contribution < 1.29 is 19.1 Å². The molecule has 2 unspecified atom stereocenters. The van der Waals surface area contributed by atoms with Crippen LogP contribution >= 0.6 is 0 Å². The highest BCUT2D eigenvalue weighted by Gasteiger charge is 2.39. The summed E-state index contributed by atoms with van der Waals surface area (Å²) < 4.78 is 11.3. The van der Waals surface area contributed by atoms with Crippen LogP contribution in [0, 0.1) is 0 Å². The van der Waals surface area contributed by atoms with E-state index in [0.29, 0.717) is 19.4 Å². The Hall–Kier alpha value is -0.393. The second kappa shape index (κ2) is 7.41. The van der Waals surface area contributed by atoms with Gasteiger partial charge in [-0.1, -0.05) is 20.8 Å². The minimum Gasteiger partial charge on any atom is -0.466 e. The molecule has 0 aromatic rings. The first-order valence-corrected chi connectivity index (χ1v) is 9.86. The summed E-state index contributed by atoms with van der Waals surface area (Å²) in [4.78, 5) is 10.8. The molecule has 0 spiro atoms. The fraction of sp³-hybridized carbons (Fsp3) is 0.929. The van der Waals surface area contributed by atoms with E-state index in [1.807, 2.05) is 0 Å². The van der Waals surface area contributed by atoms with Crippen molar-refractivity contribution in [3.05, 3.63) is 0 Å². The molecule has 1 N–H and O–H groups in total. The van der Waals surface area contributed by atoms with E-state index >= 15 is 0 Å². The third kappa shape index (κ3) is 7.70. The number of carbonyl (C=O) groups is 1. The Labute approximate surface area is 118 Å². The predicted octanol–water partition coefficient (Wildman–Crippen LogP) is 3.10. The van der Waals surface area contributed by atoms with Crippen molar-refractivity contribution in [2.24, 2.45) is 0 Å². The number of aliphatic hydroxyl groups is 1. The van der Waals surface area contributed by atoms with Crippen molar-refractivity contribution >= 4 is 14.3 Å². The lowest BCUT2D eigenvalue weighted by atomic mass is 10.1. The highest BCUT2D eigenvalue weighted by Crippen LogP contribution is 2.38. The monoisotopic (exact) mass is 290 g/mol. The normalized spacial score (nSPS) is 16.0. The average molecular weight is 290 g/mol. The van der Waals surface area contributed by atoms with Crippen LogP contribution in [-0.4, -0.2) is 38.2 Å². The van der Waals surface area contributed by atoms with Gasteiger partial charge in [0, 0.05) is 13.3 Å². The molecule has 19 heavy (non-hydrogen) atoms. The molecule has 0 bridgehead atoms. The van der Waals surface area contributed by atoms with Gasteiger partial charge in [-0.2, -0.15) is 0 Å². The summed E-state index contributed by atoms with van der Waals surface area (Å²) in [7, 11) is -1.86. The summed E-state index contributed by atoms with van der Waals surface area (Å²) in [6.45, 7) is 14.4. The molecule has 0 radical (unpaired) electrons. The molecule has 0 fully saturated rings. The lowest BCUT2D eigenvalue weighted by molar-refractivity contribution is -0.141. The zero-order valence-corrected chi connectivity index (χ0v) is 14.4. The third-order valence-corrected chi connectivity index (χ3v) is 8.15. The molecule has 0 rings (SSSR count). The van der Waals surface area contributed by atoms with Crippen LogP contribution in [0.15, 0.2) is 0 Å². The Bertz CT molecular complexity index is 282. The van der Waals surface area contributed by atoms with Crippen molar-refractivity contribution in [2.45, 2.75) is 77.8 Å². The van der Waals surface area contributed by atoms with Crippen molar-refractivity contribution in [1.82, 2.24) is 0 Å². The van der Waals surface area contributed by atoms with Crippen LogP contribution in [0.1, 0.15) is 47.5 Å². The molecule has 114 valence electrons. The second-order valence-corrected chi connectivity index (χ2v) is 11.5. The summed E-state index contributed by atoms with van der Waals surface area (Å²) >= 11 is 0. The standard InChI is InChI=1S/C14H30O4Si/c1-11(15)10-13(8-9-17-12(2)16)18-19(6,7)14(3,4)5/h11,13,15H,8-10H2,1-7H3. The van der Waals surface area contributed by atoms with Gasteiger partial charge < -0.3 is 14.3 Å². The number of carbonyl (C=O) groups excluding carboxylic acids is 1. The third-order valence-electron chi connectivity index (χ3n) is 3.62. The van der Waals surface area contributed by atoms with Crippen LogP contribution in [0.4, 0.5) is 0 Å². The first-order valence-electron chi connectivity index (χ1n) is 6.95. The highest BCUT2D eigenvalue weighted by molar-refractivity contribution is 6.74. The summed E-state index contributed by atoms with van der Waals surface area (Å²) in [6, 6.07) is 0. The fourth-order valence-electron chi connectivity index (χ4n) is 1.53. The van der Waals surface area contributed by atoms with Gasteiger partial charge in [0.2, 0.25) is 0 Å². The quantitative estimate of drug-likeness (QED) is 0.578. The van der Waals surface area contributed by atoms with Gasteiger partial charge in [0.1, 0.15) is 0 Å². The summed E-state index contributed by atoms with van der Waals surface area (Å²) in [5.41, 5.74) is 0. The predicted molar refractivity (Wildman–Crippen MR) is 79.6 cm³/mol. The molecule has 0 aromatic heterocycles. The molecule has 0 saturated heterocycles. The number of esters is 1. The van der Waals surface area contributed by atoms with Crippen LogP contribution in [0.25, 0.3) is 0 Å². The van der Waals surface area contributed by atoms with Crippen molar-refractivity contribution in [3.63, 3.8) is 0 Å². The second-order valence-electron chi connectivity index (χ2n) is 6.71. The number of hydrogen-bond acceptors (Lipinski definition) is 4. The molecule has 0 aliphatic carbocycles. The summed E-state index contributed by atoms with van der Waals surface area (Å²) in [6.07, 6.45) is 0.748. The van der Waals surface area contributed by atoms with Crippen LogP contribution in [0.3, 0.4) is 0 Å². The molecule has 0 saturated carbocycles. The van der Waals surface area contributed by atoms with E-state index in [4.69, 9.17) is 9.16 Å². The molecular formula is C14H30O4Si. The van der Waals surface area contributed by atoms with E-state index in [2.05, 4.69) is 33.9 Å². The maximum atomic E-state index is 10.8. The molecular weight excluding hydrogens is 260 g/mol. The molecule has 0 heterocycles. The fourth-order valence-corrected chi connectivity index (χ4v) is 2.93. The van der Waals surface area contributed by atoms with Gasteiger partial charge in [-0.15, -0.1) is 0 Å². The van der Waals surface area contributed by atoms with Crippen molar-refractivity contribution in [3.8, 4) is 0 Å². The SMILES string of the molecule is CC(=O)OCCC(CC(C)O)O[Si](C)(C)C(C)(C)C. The van der Waals surface area contributed by atoms with E-state index in [1.54, 1.807) is 6.92 Å². The Morgan fingerprint density at radius 3 is 2.21 bits per heavy atom. The number of hydrogen-bond donors (Lipinski definition) is 1. The summed E-state index contributed by atoms with van der Waals surface area (Å²) in [5, 5.41) is 9.69. The topological polar surface area (TPSA) is 55.8 Å². The lowest BCUT2D eigenvalue weighted by Crippen LogP contribution is -2.44. The average Bonchev–Trinajstić information content (AvgIpc) is 2.12. The molecule has 0 aliphatic rings. The Balaban J connectivity index is 4.54.